The number of aryl methyl sites for hydroxylation is 1. The molecule has 0 aliphatic carbocycles. The fourth-order valence-electron chi connectivity index (χ4n) is 4.44. The van der Waals surface area contributed by atoms with Crippen LogP contribution in [0, 0.1) is 0 Å². The number of benzene rings is 2. The van der Waals surface area contributed by atoms with Gasteiger partial charge < -0.3 is 19.3 Å². The summed E-state index contributed by atoms with van der Waals surface area (Å²) in [6.07, 6.45) is 3.87. The molecule has 4 aromatic rings. The Hall–Kier alpha value is -3.53. The van der Waals surface area contributed by atoms with Gasteiger partial charge in [-0.25, -0.2) is 9.78 Å². The topological polar surface area (TPSA) is 101 Å². The first-order valence-electron chi connectivity index (χ1n) is 11.1. The van der Waals surface area contributed by atoms with E-state index in [1.807, 2.05) is 34.9 Å². The van der Waals surface area contributed by atoms with Gasteiger partial charge in [0.2, 0.25) is 0 Å². The fraction of sp³-hybridized carbons (Fsp3) is 0.240. The number of carboxylic acids is 1. The summed E-state index contributed by atoms with van der Waals surface area (Å²) >= 11 is 12.8. The number of aromatic nitrogens is 4. The molecule has 1 aliphatic rings. The Labute approximate surface area is 216 Å². The Morgan fingerprint density at radius 1 is 1.14 bits per heavy atom. The van der Waals surface area contributed by atoms with Crippen LogP contribution in [0.4, 0.5) is 0 Å². The number of aromatic carboxylic acids is 1. The standard InChI is InChI=1S/C25H22Cl2N4O5/c1-34-19-5-3-4-16(23(19)35-2)22-17-10-15(26)6-7-18(17)31-13-21(27)29-24(31)20(36-22)8-9-30-12-14(11-28-30)25(32)33/h3-7,10-13,20,22H,8-9H2,1-2H3,(H,32,33)/t20-,22-/m1/s1. The van der Waals surface area contributed by atoms with Crippen LogP contribution in [0.1, 0.15) is 45.9 Å². The SMILES string of the molecule is COc1cccc([C@H]2O[C@H](CCn3cc(C(=O)O)cn3)c3nc(Cl)cn3-c3ccc(Cl)cc32)c1OC. The van der Waals surface area contributed by atoms with Gasteiger partial charge in [-0.05, 0) is 24.3 Å². The molecule has 5 rings (SSSR count). The Bertz CT molecular complexity index is 1430. The average molecular weight is 529 g/mol. The number of hydrogen-bond acceptors (Lipinski definition) is 6. The van der Waals surface area contributed by atoms with Gasteiger partial charge in [-0.1, -0.05) is 35.3 Å². The minimum atomic E-state index is -1.04. The number of nitrogens with zero attached hydrogens (tertiary/aromatic N) is 4. The van der Waals surface area contributed by atoms with Gasteiger partial charge >= 0.3 is 5.97 Å². The highest BCUT2D eigenvalue weighted by molar-refractivity contribution is 6.30. The van der Waals surface area contributed by atoms with E-state index in [2.05, 4.69) is 10.1 Å². The van der Waals surface area contributed by atoms with E-state index in [0.29, 0.717) is 40.5 Å². The quantitative estimate of drug-likeness (QED) is 0.345. The Morgan fingerprint density at radius 3 is 2.69 bits per heavy atom. The number of fused-ring (bicyclic) bond motifs is 3. The third kappa shape index (κ3) is 4.41. The number of rotatable bonds is 7. The summed E-state index contributed by atoms with van der Waals surface area (Å²) in [7, 11) is 3.16. The Kier molecular flexibility index (Phi) is 6.61. The van der Waals surface area contributed by atoms with E-state index in [-0.39, 0.29) is 5.56 Å². The summed E-state index contributed by atoms with van der Waals surface area (Å²) in [5, 5.41) is 14.3. The largest absolute Gasteiger partial charge is 0.493 e. The van der Waals surface area contributed by atoms with Gasteiger partial charge in [0, 0.05) is 41.5 Å². The van der Waals surface area contributed by atoms with Gasteiger partial charge in [0.05, 0.1) is 31.7 Å². The second kappa shape index (κ2) is 9.85. The molecule has 1 aliphatic heterocycles. The lowest BCUT2D eigenvalue weighted by molar-refractivity contribution is -0.00408. The Morgan fingerprint density at radius 2 is 1.97 bits per heavy atom. The van der Waals surface area contributed by atoms with Crippen molar-refractivity contribution >= 4 is 29.2 Å². The lowest BCUT2D eigenvalue weighted by Gasteiger charge is -2.25. The highest BCUT2D eigenvalue weighted by Crippen LogP contribution is 2.46. The van der Waals surface area contributed by atoms with Crippen LogP contribution in [-0.4, -0.2) is 44.6 Å². The van der Waals surface area contributed by atoms with Crippen molar-refractivity contribution in [3.63, 3.8) is 0 Å². The molecule has 11 heteroatoms. The molecule has 0 bridgehead atoms. The lowest BCUT2D eigenvalue weighted by atomic mass is 9.98. The zero-order valence-corrected chi connectivity index (χ0v) is 20.9. The van der Waals surface area contributed by atoms with Crippen molar-refractivity contribution < 1.29 is 24.1 Å². The molecule has 186 valence electrons. The molecular weight excluding hydrogens is 507 g/mol. The summed E-state index contributed by atoms with van der Waals surface area (Å²) in [4.78, 5) is 15.8. The molecule has 0 unspecified atom stereocenters. The van der Waals surface area contributed by atoms with E-state index in [4.69, 9.17) is 37.4 Å². The third-order valence-corrected chi connectivity index (χ3v) is 6.46. The second-order valence-electron chi connectivity index (χ2n) is 8.17. The van der Waals surface area contributed by atoms with Gasteiger partial charge in [-0.15, -0.1) is 0 Å². The maximum absolute atomic E-state index is 11.3. The van der Waals surface area contributed by atoms with Crippen LogP contribution in [0.15, 0.2) is 55.0 Å². The summed E-state index contributed by atoms with van der Waals surface area (Å²) in [6.45, 7) is 0.390. The molecule has 2 aromatic heterocycles. The number of carboxylic acid groups (broad SMARTS) is 1. The molecule has 36 heavy (non-hydrogen) atoms. The van der Waals surface area contributed by atoms with Crippen LogP contribution < -0.4 is 9.47 Å². The first kappa shape index (κ1) is 24.2. The molecule has 0 saturated carbocycles. The number of imidazole rings is 1. The van der Waals surface area contributed by atoms with Crippen molar-refractivity contribution in [2.45, 2.75) is 25.2 Å². The maximum Gasteiger partial charge on any atom is 0.338 e. The number of methoxy groups -OCH3 is 2. The van der Waals surface area contributed by atoms with Gasteiger partial charge in [0.1, 0.15) is 23.2 Å². The summed E-state index contributed by atoms with van der Waals surface area (Å²) < 4.78 is 21.5. The fourth-order valence-corrected chi connectivity index (χ4v) is 4.81. The highest BCUT2D eigenvalue weighted by atomic mass is 35.5. The zero-order valence-electron chi connectivity index (χ0n) is 19.4. The lowest BCUT2D eigenvalue weighted by Crippen LogP contribution is -2.15. The molecule has 2 atom stereocenters. The van der Waals surface area contributed by atoms with Gasteiger partial charge in [-0.2, -0.15) is 5.10 Å². The van der Waals surface area contributed by atoms with E-state index in [1.165, 1.54) is 12.4 Å². The van der Waals surface area contributed by atoms with Crippen LogP contribution in [0.5, 0.6) is 11.5 Å². The van der Waals surface area contributed by atoms with Gasteiger partial charge in [0.15, 0.2) is 11.5 Å². The average Bonchev–Trinajstić information content (AvgIpc) is 3.48. The van der Waals surface area contributed by atoms with E-state index in [9.17, 15) is 9.90 Å². The smallest absolute Gasteiger partial charge is 0.338 e. The van der Waals surface area contributed by atoms with Crippen molar-refractivity contribution in [1.82, 2.24) is 19.3 Å². The monoisotopic (exact) mass is 528 g/mol. The van der Waals surface area contributed by atoms with Crippen molar-refractivity contribution in [2.24, 2.45) is 0 Å². The van der Waals surface area contributed by atoms with E-state index in [0.717, 1.165) is 16.8 Å². The van der Waals surface area contributed by atoms with Crippen LogP contribution in [0.3, 0.4) is 0 Å². The second-order valence-corrected chi connectivity index (χ2v) is 8.99. The molecule has 0 saturated heterocycles. The minimum Gasteiger partial charge on any atom is -0.493 e. The van der Waals surface area contributed by atoms with Crippen LogP contribution in [0.25, 0.3) is 5.69 Å². The number of carbonyl (C=O) groups is 1. The maximum atomic E-state index is 11.3. The molecule has 9 nitrogen and oxygen atoms in total. The predicted octanol–water partition coefficient (Wildman–Crippen LogP) is 5.34. The molecule has 0 amide bonds. The Balaban J connectivity index is 1.61. The normalized spacial score (nSPS) is 16.7. The molecule has 0 spiro atoms. The van der Waals surface area contributed by atoms with Crippen molar-refractivity contribution in [1.29, 1.82) is 0 Å². The van der Waals surface area contributed by atoms with Crippen LogP contribution in [0.2, 0.25) is 10.2 Å². The molecule has 0 fully saturated rings. The molecule has 0 radical (unpaired) electrons. The molecule has 1 N–H and O–H groups in total. The number of hydrogen-bond donors (Lipinski definition) is 1. The van der Waals surface area contributed by atoms with Gasteiger partial charge in [-0.3, -0.25) is 9.25 Å². The molecule has 3 heterocycles. The van der Waals surface area contributed by atoms with E-state index in [1.54, 1.807) is 31.2 Å². The van der Waals surface area contributed by atoms with E-state index < -0.39 is 18.2 Å². The van der Waals surface area contributed by atoms with Crippen molar-refractivity contribution in [2.75, 3.05) is 14.2 Å². The zero-order chi connectivity index (χ0) is 25.4. The molecular formula is C25H22Cl2N4O5. The first-order valence-corrected chi connectivity index (χ1v) is 11.8. The molecule has 2 aromatic carbocycles. The number of halogens is 2. The summed E-state index contributed by atoms with van der Waals surface area (Å²) in [5.74, 6) is 0.692. The first-order chi connectivity index (χ1) is 17.4. The number of ether oxygens (including phenoxy) is 3. The predicted molar refractivity (Wildman–Crippen MR) is 133 cm³/mol. The van der Waals surface area contributed by atoms with E-state index >= 15 is 0 Å². The van der Waals surface area contributed by atoms with Gasteiger partial charge in [0.25, 0.3) is 0 Å². The number of para-hydroxylation sites is 1. The van der Waals surface area contributed by atoms with Crippen molar-refractivity contribution in [3.05, 3.63) is 87.7 Å². The van der Waals surface area contributed by atoms with Crippen molar-refractivity contribution in [3.8, 4) is 17.2 Å². The highest BCUT2D eigenvalue weighted by Gasteiger charge is 2.34. The van der Waals surface area contributed by atoms with Crippen LogP contribution in [-0.2, 0) is 11.3 Å². The summed E-state index contributed by atoms with van der Waals surface area (Å²) in [5.41, 5.74) is 2.49. The van der Waals surface area contributed by atoms with Crippen LogP contribution >= 0.6 is 23.2 Å². The minimum absolute atomic E-state index is 0.113. The summed E-state index contributed by atoms with van der Waals surface area (Å²) in [6, 6.07) is 11.2. The third-order valence-electron chi connectivity index (χ3n) is 6.04.